The molecule has 166 valence electrons. The third-order valence-corrected chi connectivity index (χ3v) is 7.85. The quantitative estimate of drug-likeness (QED) is 0.389. The zero-order valence-corrected chi connectivity index (χ0v) is 22.7. The highest BCUT2D eigenvalue weighted by Crippen LogP contribution is 2.44. The summed E-state index contributed by atoms with van der Waals surface area (Å²) in [6.45, 7) is 25.8. The fraction of sp³-hybridized carbons (Fsp3) is 0.586. The van der Waals surface area contributed by atoms with Crippen molar-refractivity contribution in [3.8, 4) is 11.1 Å². The van der Waals surface area contributed by atoms with Crippen LogP contribution in [-0.2, 0) is 6.42 Å². The number of hydrogen-bond donors (Lipinski definition) is 0. The predicted octanol–water partition coefficient (Wildman–Crippen LogP) is 8.80. The van der Waals surface area contributed by atoms with E-state index in [2.05, 4.69) is 91.5 Å². The van der Waals surface area contributed by atoms with Gasteiger partial charge in [-0.15, -0.1) is 9.24 Å². The zero-order valence-electron chi connectivity index (χ0n) is 21.5. The molecule has 0 radical (unpaired) electrons. The third kappa shape index (κ3) is 4.55. The van der Waals surface area contributed by atoms with Gasteiger partial charge in [0.05, 0.1) is 0 Å². The van der Waals surface area contributed by atoms with Gasteiger partial charge >= 0.3 is 0 Å². The average molecular weight is 425 g/mol. The van der Waals surface area contributed by atoms with Crippen LogP contribution < -0.4 is 5.30 Å². The van der Waals surface area contributed by atoms with Gasteiger partial charge in [-0.05, 0) is 119 Å². The van der Waals surface area contributed by atoms with Gasteiger partial charge in [-0.2, -0.15) is 0 Å². The minimum atomic E-state index is 0.501. The van der Waals surface area contributed by atoms with Crippen molar-refractivity contribution in [2.45, 2.75) is 113 Å². The first kappa shape index (κ1) is 25.1. The van der Waals surface area contributed by atoms with E-state index in [1.54, 1.807) is 16.7 Å². The monoisotopic (exact) mass is 424 g/mol. The Kier molecular flexibility index (Phi) is 8.37. The summed E-state index contributed by atoms with van der Waals surface area (Å²) in [6, 6.07) is 2.57. The molecule has 0 spiro atoms. The van der Waals surface area contributed by atoms with Crippen LogP contribution in [0.4, 0.5) is 0 Å². The van der Waals surface area contributed by atoms with Crippen molar-refractivity contribution >= 4 is 14.5 Å². The Balaban J connectivity index is 3.13. The fourth-order valence-corrected chi connectivity index (χ4v) is 5.55. The summed E-state index contributed by atoms with van der Waals surface area (Å²) in [5.74, 6) is 1.56. The highest BCUT2D eigenvalue weighted by molar-refractivity contribution is 7.28. The molecule has 0 aliphatic carbocycles. The van der Waals surface area contributed by atoms with Crippen molar-refractivity contribution in [3.63, 3.8) is 0 Å². The second-order valence-corrected chi connectivity index (χ2v) is 10.8. The number of unbranched alkanes of at least 4 members (excludes halogenated alkanes) is 1. The Hall–Kier alpha value is -1.13. The van der Waals surface area contributed by atoms with Gasteiger partial charge < -0.3 is 0 Å². The number of hydrogen-bond acceptors (Lipinski definition) is 0. The summed E-state index contributed by atoms with van der Waals surface area (Å²) >= 11 is 0. The summed E-state index contributed by atoms with van der Waals surface area (Å²) in [4.78, 5) is 0. The molecular formula is C29H45P. The standard InChI is InChI=1S/C29H45P/c1-12-13-14-23-24(16(2)3)15-25(17(4)5)28(26(23)18(6)7)27-21(10)19(8)20(9)22(11)29(27)30/h15-18H,12-14,30H2,1-11H3. The minimum Gasteiger partial charge on any atom is -0.105 e. The molecule has 0 nitrogen and oxygen atoms in total. The molecule has 0 aliphatic heterocycles. The maximum Gasteiger partial charge on any atom is -0.00716 e. The van der Waals surface area contributed by atoms with Crippen LogP contribution in [0.3, 0.4) is 0 Å². The summed E-state index contributed by atoms with van der Waals surface area (Å²) in [5, 5.41) is 1.39. The molecule has 0 N–H and O–H groups in total. The van der Waals surface area contributed by atoms with Crippen LogP contribution in [-0.4, -0.2) is 0 Å². The molecule has 0 fully saturated rings. The van der Waals surface area contributed by atoms with Crippen LogP contribution in [0, 0.1) is 27.7 Å². The van der Waals surface area contributed by atoms with Crippen molar-refractivity contribution in [1.29, 1.82) is 0 Å². The molecule has 0 heterocycles. The SMILES string of the molecule is CCCCc1c(C(C)C)cc(C(C)C)c(-c2c(C)c(C)c(C)c(C)c2P)c1C(C)C. The highest BCUT2D eigenvalue weighted by atomic mass is 31.0. The molecule has 0 bridgehead atoms. The van der Waals surface area contributed by atoms with E-state index < -0.39 is 0 Å². The Morgan fingerprint density at radius 3 is 1.70 bits per heavy atom. The molecule has 2 aromatic rings. The lowest BCUT2D eigenvalue weighted by atomic mass is 9.75. The fourth-order valence-electron chi connectivity index (χ4n) is 4.97. The van der Waals surface area contributed by atoms with Gasteiger partial charge in [0, 0.05) is 0 Å². The van der Waals surface area contributed by atoms with Gasteiger partial charge in [0.15, 0.2) is 0 Å². The van der Waals surface area contributed by atoms with E-state index in [9.17, 15) is 0 Å². The molecule has 0 amide bonds. The summed E-state index contributed by atoms with van der Waals surface area (Å²) in [6.07, 6.45) is 3.70. The molecule has 0 saturated heterocycles. The molecule has 0 aliphatic rings. The third-order valence-electron chi connectivity index (χ3n) is 7.13. The maximum atomic E-state index is 3.10. The van der Waals surface area contributed by atoms with Crippen molar-refractivity contribution in [1.82, 2.24) is 0 Å². The summed E-state index contributed by atoms with van der Waals surface area (Å²) < 4.78 is 0. The normalized spacial score (nSPS) is 12.0. The topological polar surface area (TPSA) is 0 Å². The van der Waals surface area contributed by atoms with Crippen molar-refractivity contribution in [3.05, 3.63) is 50.6 Å². The van der Waals surface area contributed by atoms with Crippen LogP contribution in [0.15, 0.2) is 6.07 Å². The average Bonchev–Trinajstić information content (AvgIpc) is 2.68. The van der Waals surface area contributed by atoms with Gasteiger partial charge in [-0.1, -0.05) is 61.0 Å². The molecule has 0 saturated carbocycles. The van der Waals surface area contributed by atoms with Crippen LogP contribution in [0.5, 0.6) is 0 Å². The van der Waals surface area contributed by atoms with E-state index in [-0.39, 0.29) is 0 Å². The molecule has 1 heteroatoms. The zero-order chi connectivity index (χ0) is 22.9. The minimum absolute atomic E-state index is 0.501. The highest BCUT2D eigenvalue weighted by Gasteiger charge is 2.26. The lowest BCUT2D eigenvalue weighted by Crippen LogP contribution is -2.16. The molecule has 2 aromatic carbocycles. The van der Waals surface area contributed by atoms with E-state index in [1.807, 2.05) is 0 Å². The van der Waals surface area contributed by atoms with Crippen molar-refractivity contribution < 1.29 is 0 Å². The van der Waals surface area contributed by atoms with Gasteiger partial charge in [0.1, 0.15) is 0 Å². The van der Waals surface area contributed by atoms with Crippen LogP contribution >= 0.6 is 9.24 Å². The Bertz CT molecular complexity index is 884. The molecule has 30 heavy (non-hydrogen) atoms. The second kappa shape index (κ2) is 9.99. The smallest absolute Gasteiger partial charge is 0.00716 e. The van der Waals surface area contributed by atoms with E-state index in [0.29, 0.717) is 17.8 Å². The molecular weight excluding hydrogens is 379 g/mol. The summed E-state index contributed by atoms with van der Waals surface area (Å²) in [7, 11) is 3.10. The van der Waals surface area contributed by atoms with Crippen LogP contribution in [0.2, 0.25) is 0 Å². The first-order valence-corrected chi connectivity index (χ1v) is 12.6. The van der Waals surface area contributed by atoms with E-state index in [0.717, 1.165) is 0 Å². The first-order valence-electron chi connectivity index (χ1n) is 12.0. The number of rotatable bonds is 7. The van der Waals surface area contributed by atoms with Crippen LogP contribution in [0.1, 0.15) is 124 Å². The van der Waals surface area contributed by atoms with Crippen molar-refractivity contribution in [2.75, 3.05) is 0 Å². The van der Waals surface area contributed by atoms with E-state index in [1.165, 1.54) is 63.5 Å². The second-order valence-electron chi connectivity index (χ2n) is 10.2. The lowest BCUT2D eigenvalue weighted by Gasteiger charge is -2.30. The Morgan fingerprint density at radius 1 is 0.700 bits per heavy atom. The van der Waals surface area contributed by atoms with Gasteiger partial charge in [0.2, 0.25) is 0 Å². The molecule has 0 aromatic heterocycles. The van der Waals surface area contributed by atoms with Gasteiger partial charge in [-0.25, -0.2) is 0 Å². The van der Waals surface area contributed by atoms with Crippen LogP contribution in [0.25, 0.3) is 11.1 Å². The van der Waals surface area contributed by atoms with Gasteiger partial charge in [0.25, 0.3) is 0 Å². The predicted molar refractivity (Wildman–Crippen MR) is 141 cm³/mol. The Morgan fingerprint density at radius 2 is 1.23 bits per heavy atom. The largest absolute Gasteiger partial charge is 0.105 e. The lowest BCUT2D eigenvalue weighted by molar-refractivity contribution is 0.734. The summed E-state index contributed by atoms with van der Waals surface area (Å²) in [5.41, 5.74) is 15.1. The van der Waals surface area contributed by atoms with E-state index in [4.69, 9.17) is 0 Å². The Labute approximate surface area is 189 Å². The molecule has 2 rings (SSSR count). The molecule has 1 unspecified atom stereocenters. The number of benzene rings is 2. The first-order chi connectivity index (χ1) is 13.9. The maximum absolute atomic E-state index is 3.10. The van der Waals surface area contributed by atoms with E-state index >= 15 is 0 Å². The van der Waals surface area contributed by atoms with Gasteiger partial charge in [-0.3, -0.25) is 0 Å². The molecule has 1 atom stereocenters. The van der Waals surface area contributed by atoms with Crippen molar-refractivity contribution in [2.24, 2.45) is 0 Å².